The van der Waals surface area contributed by atoms with Crippen LogP contribution in [0.2, 0.25) is 0 Å². The molecule has 0 saturated carbocycles. The molecule has 1 N–H and O–H groups in total. The Kier molecular flexibility index (Phi) is 6.69. The van der Waals surface area contributed by atoms with E-state index in [0.717, 1.165) is 12.8 Å². The molecule has 3 rings (SSSR count). The molecular formula is C22H27N3O3S. The van der Waals surface area contributed by atoms with Gasteiger partial charge in [-0.15, -0.1) is 11.3 Å². The average molecular weight is 414 g/mol. The molecule has 0 bridgehead atoms. The first kappa shape index (κ1) is 21.0. The lowest BCUT2D eigenvalue weighted by Gasteiger charge is -2.16. The summed E-state index contributed by atoms with van der Waals surface area (Å²) in [5, 5.41) is 4.75. The average Bonchev–Trinajstić information content (AvgIpc) is 3.17. The maximum Gasteiger partial charge on any atom is 0.332 e. The lowest BCUT2D eigenvalue weighted by molar-refractivity contribution is -0.122. The van der Waals surface area contributed by atoms with Gasteiger partial charge in [0.1, 0.15) is 11.2 Å². The van der Waals surface area contributed by atoms with Crippen molar-refractivity contribution in [3.63, 3.8) is 0 Å². The third-order valence-electron chi connectivity index (χ3n) is 4.80. The highest BCUT2D eigenvalue weighted by atomic mass is 32.1. The Balaban J connectivity index is 1.75. The lowest BCUT2D eigenvalue weighted by Crippen LogP contribution is -2.44. The molecular weight excluding hydrogens is 386 g/mol. The Bertz CT molecular complexity index is 1100. The van der Waals surface area contributed by atoms with Crippen LogP contribution in [0, 0.1) is 5.92 Å². The first-order chi connectivity index (χ1) is 13.9. The molecule has 154 valence electrons. The number of fused-ring (bicyclic) bond motifs is 1. The molecule has 3 aromatic rings. The number of thiophene rings is 1. The van der Waals surface area contributed by atoms with Gasteiger partial charge in [0.25, 0.3) is 5.56 Å². The third-order valence-corrected chi connectivity index (χ3v) is 5.69. The Morgan fingerprint density at radius 2 is 1.79 bits per heavy atom. The van der Waals surface area contributed by atoms with E-state index in [1.807, 2.05) is 39.0 Å². The summed E-state index contributed by atoms with van der Waals surface area (Å²) in [6.07, 6.45) is 1.68. The van der Waals surface area contributed by atoms with Crippen LogP contribution in [0.1, 0.15) is 32.8 Å². The molecule has 0 fully saturated rings. The van der Waals surface area contributed by atoms with E-state index in [9.17, 15) is 14.4 Å². The van der Waals surface area contributed by atoms with Crippen molar-refractivity contribution in [2.45, 2.75) is 52.7 Å². The van der Waals surface area contributed by atoms with Crippen LogP contribution in [-0.2, 0) is 24.3 Å². The van der Waals surface area contributed by atoms with Gasteiger partial charge in [0.2, 0.25) is 5.91 Å². The number of amides is 1. The number of rotatable bonds is 8. The maximum atomic E-state index is 12.9. The first-order valence-electron chi connectivity index (χ1n) is 9.91. The predicted octanol–water partition coefficient (Wildman–Crippen LogP) is 3.02. The van der Waals surface area contributed by atoms with Crippen molar-refractivity contribution in [2.24, 2.45) is 5.92 Å². The number of carbonyl (C=O) groups is 1. The highest BCUT2D eigenvalue weighted by Crippen LogP contribution is 2.15. The van der Waals surface area contributed by atoms with E-state index in [0.29, 0.717) is 16.8 Å². The van der Waals surface area contributed by atoms with Gasteiger partial charge in [-0.3, -0.25) is 18.7 Å². The van der Waals surface area contributed by atoms with Gasteiger partial charge in [-0.2, -0.15) is 0 Å². The highest BCUT2D eigenvalue weighted by Gasteiger charge is 2.17. The van der Waals surface area contributed by atoms with Crippen molar-refractivity contribution in [3.05, 3.63) is 68.2 Å². The number of aromatic nitrogens is 2. The van der Waals surface area contributed by atoms with Crippen molar-refractivity contribution in [1.29, 1.82) is 0 Å². The second-order valence-electron chi connectivity index (χ2n) is 7.81. The van der Waals surface area contributed by atoms with E-state index in [1.54, 1.807) is 11.4 Å². The zero-order chi connectivity index (χ0) is 21.0. The fourth-order valence-corrected chi connectivity index (χ4v) is 4.22. The van der Waals surface area contributed by atoms with E-state index in [-0.39, 0.29) is 30.0 Å². The molecule has 2 aromatic heterocycles. The molecule has 0 spiro atoms. The SMILES string of the molecule is CC(C)Cn1c(=O)c2sccc2n(CC(=O)N[C@@H](C)CCc2ccccc2)c1=O. The second-order valence-corrected chi connectivity index (χ2v) is 8.72. The van der Waals surface area contributed by atoms with E-state index < -0.39 is 5.69 Å². The highest BCUT2D eigenvalue weighted by molar-refractivity contribution is 7.17. The van der Waals surface area contributed by atoms with Crippen molar-refractivity contribution >= 4 is 27.5 Å². The summed E-state index contributed by atoms with van der Waals surface area (Å²) in [7, 11) is 0. The van der Waals surface area contributed by atoms with E-state index in [1.165, 1.54) is 26.0 Å². The van der Waals surface area contributed by atoms with Crippen molar-refractivity contribution in [2.75, 3.05) is 0 Å². The number of nitrogens with zero attached hydrogens (tertiary/aromatic N) is 2. The summed E-state index contributed by atoms with van der Waals surface area (Å²) in [5.41, 5.74) is 1.05. The van der Waals surface area contributed by atoms with Crippen molar-refractivity contribution in [3.8, 4) is 0 Å². The molecule has 0 aliphatic carbocycles. The Hall–Kier alpha value is -2.67. The second kappa shape index (κ2) is 9.22. The van der Waals surface area contributed by atoms with E-state index in [2.05, 4.69) is 17.4 Å². The summed E-state index contributed by atoms with van der Waals surface area (Å²) in [4.78, 5) is 38.2. The molecule has 0 aliphatic heterocycles. The fourth-order valence-electron chi connectivity index (χ4n) is 3.38. The minimum Gasteiger partial charge on any atom is -0.352 e. The standard InChI is InChI=1S/C22H27N3O3S/c1-15(2)13-25-21(27)20-18(11-12-29-20)24(22(25)28)14-19(26)23-16(3)9-10-17-7-5-4-6-8-17/h4-8,11-12,15-16H,9-10,13-14H2,1-3H3,(H,23,26)/t16-/m0/s1. The number of nitrogens with one attached hydrogen (secondary N) is 1. The summed E-state index contributed by atoms with van der Waals surface area (Å²) in [6, 6.07) is 11.8. The molecule has 1 aromatic carbocycles. The summed E-state index contributed by atoms with van der Waals surface area (Å²) >= 11 is 1.30. The topological polar surface area (TPSA) is 73.1 Å². The van der Waals surface area contributed by atoms with Crippen LogP contribution in [0.25, 0.3) is 10.2 Å². The molecule has 0 saturated heterocycles. The van der Waals surface area contributed by atoms with E-state index >= 15 is 0 Å². The molecule has 6 nitrogen and oxygen atoms in total. The summed E-state index contributed by atoms with van der Waals surface area (Å²) in [6.45, 7) is 6.11. The Morgan fingerprint density at radius 1 is 1.07 bits per heavy atom. The number of benzene rings is 1. The number of hydrogen-bond donors (Lipinski definition) is 1. The lowest BCUT2D eigenvalue weighted by atomic mass is 10.1. The Morgan fingerprint density at radius 3 is 2.48 bits per heavy atom. The largest absolute Gasteiger partial charge is 0.352 e. The smallest absolute Gasteiger partial charge is 0.332 e. The van der Waals surface area contributed by atoms with Crippen LogP contribution in [-0.4, -0.2) is 21.1 Å². The van der Waals surface area contributed by atoms with Gasteiger partial charge >= 0.3 is 5.69 Å². The summed E-state index contributed by atoms with van der Waals surface area (Å²) in [5.74, 6) is -0.0759. The van der Waals surface area contributed by atoms with Crippen LogP contribution in [0.3, 0.4) is 0 Å². The molecule has 29 heavy (non-hydrogen) atoms. The van der Waals surface area contributed by atoms with Gasteiger partial charge in [0.15, 0.2) is 0 Å². The minimum atomic E-state index is -0.429. The quantitative estimate of drug-likeness (QED) is 0.617. The minimum absolute atomic E-state index is 0.0158. The van der Waals surface area contributed by atoms with Crippen molar-refractivity contribution in [1.82, 2.24) is 14.5 Å². The molecule has 0 aliphatic rings. The van der Waals surface area contributed by atoms with Crippen LogP contribution in [0.5, 0.6) is 0 Å². The molecule has 0 radical (unpaired) electrons. The predicted molar refractivity (Wildman–Crippen MR) is 118 cm³/mol. The van der Waals surface area contributed by atoms with Gasteiger partial charge in [-0.05, 0) is 42.7 Å². The van der Waals surface area contributed by atoms with Gasteiger partial charge < -0.3 is 5.32 Å². The van der Waals surface area contributed by atoms with Gasteiger partial charge in [0, 0.05) is 12.6 Å². The molecule has 2 heterocycles. The summed E-state index contributed by atoms with van der Waals surface area (Å²) < 4.78 is 3.17. The molecule has 0 unspecified atom stereocenters. The third kappa shape index (κ3) is 5.03. The van der Waals surface area contributed by atoms with E-state index in [4.69, 9.17) is 0 Å². The van der Waals surface area contributed by atoms with Crippen LogP contribution in [0.4, 0.5) is 0 Å². The fraction of sp³-hybridized carbons (Fsp3) is 0.409. The number of carbonyl (C=O) groups excluding carboxylic acids is 1. The molecule has 1 amide bonds. The van der Waals surface area contributed by atoms with Crippen LogP contribution in [0.15, 0.2) is 51.4 Å². The Labute approximate surface area is 173 Å². The van der Waals surface area contributed by atoms with Gasteiger partial charge in [0.05, 0.1) is 5.52 Å². The normalized spacial score (nSPS) is 12.4. The number of aryl methyl sites for hydroxylation is 1. The van der Waals surface area contributed by atoms with Crippen LogP contribution < -0.4 is 16.6 Å². The zero-order valence-electron chi connectivity index (χ0n) is 17.1. The molecule has 1 atom stereocenters. The van der Waals surface area contributed by atoms with Crippen LogP contribution >= 0.6 is 11.3 Å². The monoisotopic (exact) mass is 413 g/mol. The number of hydrogen-bond acceptors (Lipinski definition) is 4. The molecule has 7 heteroatoms. The first-order valence-corrected chi connectivity index (χ1v) is 10.8. The van der Waals surface area contributed by atoms with Gasteiger partial charge in [-0.1, -0.05) is 44.2 Å². The zero-order valence-corrected chi connectivity index (χ0v) is 17.9. The maximum absolute atomic E-state index is 12.9. The van der Waals surface area contributed by atoms with Gasteiger partial charge in [-0.25, -0.2) is 4.79 Å². The van der Waals surface area contributed by atoms with Crippen molar-refractivity contribution < 1.29 is 4.79 Å².